The highest BCUT2D eigenvalue weighted by atomic mass is 35.5. The molecular weight excluding hydrogens is 1220 g/mol. The first-order chi connectivity index (χ1) is 43.3. The topological polar surface area (TPSA) is 250 Å². The molecule has 1 heterocycles. The van der Waals surface area contributed by atoms with Crippen LogP contribution >= 0.6 is 11.6 Å². The maximum absolute atomic E-state index is 15.3. The van der Waals surface area contributed by atoms with E-state index in [1.807, 2.05) is 6.92 Å². The van der Waals surface area contributed by atoms with Crippen molar-refractivity contribution in [1.29, 1.82) is 0 Å². The van der Waals surface area contributed by atoms with Gasteiger partial charge in [-0.1, -0.05) is 108 Å². The molecule has 3 aliphatic carbocycles. The normalized spacial score (nSPS) is 25.5. The number of hydrogen-bond acceptors (Lipinski definition) is 11. The number of halogens is 4. The van der Waals surface area contributed by atoms with Gasteiger partial charge in [-0.25, -0.2) is 0 Å². The molecule has 92 heavy (non-hydrogen) atoms. The van der Waals surface area contributed by atoms with Gasteiger partial charge < -0.3 is 55.1 Å². The van der Waals surface area contributed by atoms with Crippen molar-refractivity contribution in [2.45, 2.75) is 185 Å². The number of rotatable bonds is 9. The molecule has 4 aliphatic rings. The molecule has 3 saturated carbocycles. The molecule has 0 unspecified atom stereocenters. The van der Waals surface area contributed by atoms with Crippen LogP contribution in [-0.4, -0.2) is 217 Å². The first-order valence-corrected chi connectivity index (χ1v) is 32.6. The zero-order valence-electron chi connectivity index (χ0n) is 55.2. The van der Waals surface area contributed by atoms with Crippen LogP contribution in [0.15, 0.2) is 48.5 Å². The van der Waals surface area contributed by atoms with E-state index in [-0.39, 0.29) is 61.6 Å². The number of benzene rings is 2. The lowest BCUT2D eigenvalue weighted by atomic mass is 9.78. The van der Waals surface area contributed by atoms with Crippen molar-refractivity contribution in [2.24, 2.45) is 17.8 Å². The fourth-order valence-corrected chi connectivity index (χ4v) is 13.1. The fraction of sp³-hybridized carbons (Fsp3) is 0.652. The van der Waals surface area contributed by atoms with Gasteiger partial charge in [0.1, 0.15) is 42.3 Å². The SMILES string of the molecule is CC[C@H](C)[C@@H]1NC(=O)[C@H](C)N(C)C(=O)C[C@@H](C)N(C)C(=O)[C@H](C2CCC2)N(C)C(=O)C2(CCCC2)NC(=O)CN(c2ccccc2)C(=O)[C@H](CCc2ccc(C(F)(F)F)c(Cl)c2)NC(=O)CN(C)C(=O)[C@H](CC2CCCCC2)N(C)C(=O)CN(C)C(=O)CN(C)C1=O. The molecule has 0 bridgehead atoms. The van der Waals surface area contributed by atoms with Gasteiger partial charge in [0.05, 0.1) is 30.2 Å². The number of nitrogens with zero attached hydrogens (tertiary/aromatic N) is 8. The van der Waals surface area contributed by atoms with E-state index in [2.05, 4.69) is 16.0 Å². The van der Waals surface area contributed by atoms with Crippen LogP contribution < -0.4 is 20.9 Å². The number of para-hydroxylation sites is 1. The number of carbonyl (C=O) groups is 11. The highest BCUT2D eigenvalue weighted by molar-refractivity contribution is 6.31. The number of nitrogens with one attached hydrogen (secondary N) is 3. The number of aryl methyl sites for hydroxylation is 1. The van der Waals surface area contributed by atoms with Crippen LogP contribution in [0.4, 0.5) is 18.9 Å². The standard InChI is InChI=1S/C66H95ClF3N11O11/c1-12-41(2)57-62(90)76(7)39-55(85)74(5)40-56(86)79(10)51(36-44-22-15-13-16-23-44)61(89)75(6)37-52(82)71-50(31-29-45-28-30-48(49(67)35-45)66(68,69)70)60(88)81(47-26-17-14-18-27-47)38-53(83)73-65(32-19-20-33-65)64(92)80(11)58(46-24-21-25-46)63(91)77(8)42(3)34-54(84)78(9)43(4)59(87)72-57/h14,17-18,26-28,30,35,41-44,46,50-51,57-58H,12-13,15-16,19-25,29,31-34,36-40H2,1-11H3,(H,71,82)(H,72,87)(H,73,83)/t41-,42+,43-,50-,51-,57-,58-/m0/s1. The number of amides is 11. The Labute approximate surface area is 543 Å². The molecule has 1 spiro atoms. The lowest BCUT2D eigenvalue weighted by Crippen LogP contribution is -2.64. The Kier molecular flexibility index (Phi) is 26.0. The Morgan fingerprint density at radius 1 is 0.630 bits per heavy atom. The summed E-state index contributed by atoms with van der Waals surface area (Å²) >= 11 is 6.15. The van der Waals surface area contributed by atoms with E-state index < -0.39 is 156 Å². The maximum Gasteiger partial charge on any atom is 0.417 e. The maximum atomic E-state index is 15.3. The van der Waals surface area contributed by atoms with E-state index in [0.717, 1.165) is 70.3 Å². The van der Waals surface area contributed by atoms with Crippen molar-refractivity contribution in [1.82, 2.24) is 50.2 Å². The third-order valence-corrected chi connectivity index (χ3v) is 19.8. The summed E-state index contributed by atoms with van der Waals surface area (Å²) in [5.74, 6) is -7.72. The van der Waals surface area contributed by atoms with E-state index in [9.17, 15) is 56.3 Å². The van der Waals surface area contributed by atoms with E-state index >= 15 is 9.59 Å². The average Bonchev–Trinajstić information content (AvgIpc) is 1.34. The highest BCUT2D eigenvalue weighted by Gasteiger charge is 2.50. The van der Waals surface area contributed by atoms with Crippen molar-refractivity contribution >= 4 is 82.3 Å². The Balaban J connectivity index is 1.39. The molecule has 6 rings (SSSR count). The summed E-state index contributed by atoms with van der Waals surface area (Å²) < 4.78 is 41.5. The van der Waals surface area contributed by atoms with Gasteiger partial charge in [-0.05, 0) is 106 Å². The number of likely N-dealkylation sites (N-methyl/N-ethyl adjacent to an activating group) is 7. The summed E-state index contributed by atoms with van der Waals surface area (Å²) in [4.78, 5) is 170. The van der Waals surface area contributed by atoms with Crippen LogP contribution in [0.5, 0.6) is 0 Å². The minimum absolute atomic E-state index is 0.0199. The lowest BCUT2D eigenvalue weighted by molar-refractivity contribution is -0.153. The predicted octanol–water partition coefficient (Wildman–Crippen LogP) is 5.67. The van der Waals surface area contributed by atoms with Gasteiger partial charge in [0.15, 0.2) is 0 Å². The van der Waals surface area contributed by atoms with E-state index in [1.54, 1.807) is 44.2 Å². The van der Waals surface area contributed by atoms with Crippen LogP contribution in [0.25, 0.3) is 0 Å². The number of anilines is 1. The Morgan fingerprint density at radius 3 is 1.84 bits per heavy atom. The third-order valence-electron chi connectivity index (χ3n) is 19.5. The zero-order valence-corrected chi connectivity index (χ0v) is 56.0. The van der Waals surface area contributed by atoms with Gasteiger partial charge in [-0.2, -0.15) is 13.2 Å². The summed E-state index contributed by atoms with van der Waals surface area (Å²) in [5.41, 5.74) is -2.12. The summed E-state index contributed by atoms with van der Waals surface area (Å²) in [5, 5.41) is 7.93. The molecule has 508 valence electrons. The molecule has 11 amide bonds. The van der Waals surface area contributed by atoms with Crippen LogP contribution in [0, 0.1) is 17.8 Å². The third kappa shape index (κ3) is 18.5. The molecule has 7 atom stereocenters. The number of carbonyl (C=O) groups excluding carboxylic acids is 11. The smallest absolute Gasteiger partial charge is 0.343 e. The van der Waals surface area contributed by atoms with Crippen molar-refractivity contribution in [3.05, 3.63) is 64.7 Å². The second kappa shape index (κ2) is 32.5. The quantitative estimate of drug-likeness (QED) is 0.276. The summed E-state index contributed by atoms with van der Waals surface area (Å²) in [7, 11) is 10.1. The van der Waals surface area contributed by atoms with Gasteiger partial charge in [-0.3, -0.25) is 52.7 Å². The van der Waals surface area contributed by atoms with Crippen molar-refractivity contribution in [2.75, 3.05) is 80.4 Å². The Hall–Kier alpha value is -7.31. The predicted molar refractivity (Wildman–Crippen MR) is 340 cm³/mol. The van der Waals surface area contributed by atoms with Gasteiger partial charge in [0.25, 0.3) is 0 Å². The monoisotopic (exact) mass is 1310 g/mol. The molecule has 22 nitrogen and oxygen atoms in total. The molecule has 1 aliphatic heterocycles. The lowest BCUT2D eigenvalue weighted by Gasteiger charge is -2.44. The zero-order chi connectivity index (χ0) is 68.1. The molecule has 4 fully saturated rings. The Bertz CT molecular complexity index is 3000. The van der Waals surface area contributed by atoms with Gasteiger partial charge in [0, 0.05) is 67.5 Å². The van der Waals surface area contributed by atoms with E-state index in [1.165, 1.54) is 81.9 Å². The van der Waals surface area contributed by atoms with Crippen molar-refractivity contribution < 1.29 is 65.9 Å². The van der Waals surface area contributed by atoms with Gasteiger partial charge in [0.2, 0.25) is 65.0 Å². The number of hydrogen-bond donors (Lipinski definition) is 3. The molecule has 3 N–H and O–H groups in total. The van der Waals surface area contributed by atoms with Crippen molar-refractivity contribution in [3.63, 3.8) is 0 Å². The minimum atomic E-state index is -4.76. The van der Waals surface area contributed by atoms with E-state index in [0.29, 0.717) is 32.1 Å². The van der Waals surface area contributed by atoms with Crippen LogP contribution in [0.2, 0.25) is 5.02 Å². The summed E-state index contributed by atoms with van der Waals surface area (Å²) in [6.45, 7) is 4.42. The summed E-state index contributed by atoms with van der Waals surface area (Å²) in [6, 6.07) is 4.55. The average molecular weight is 1310 g/mol. The molecule has 1 saturated heterocycles. The fourth-order valence-electron chi connectivity index (χ4n) is 12.8. The molecule has 0 aromatic heterocycles. The molecule has 2 aromatic carbocycles. The molecule has 2 aromatic rings. The second-order valence-electron chi connectivity index (χ2n) is 26.1. The molecule has 26 heteroatoms. The largest absolute Gasteiger partial charge is 0.417 e. The van der Waals surface area contributed by atoms with Crippen molar-refractivity contribution in [3.8, 4) is 0 Å². The molecule has 0 radical (unpaired) electrons. The second-order valence-corrected chi connectivity index (χ2v) is 26.5. The van der Waals surface area contributed by atoms with Gasteiger partial charge >= 0.3 is 6.18 Å². The minimum Gasteiger partial charge on any atom is -0.343 e. The van der Waals surface area contributed by atoms with Crippen LogP contribution in [0.1, 0.15) is 142 Å². The van der Waals surface area contributed by atoms with Crippen LogP contribution in [-0.2, 0) is 65.3 Å². The first-order valence-electron chi connectivity index (χ1n) is 32.2. The number of alkyl halides is 3. The highest BCUT2D eigenvalue weighted by Crippen LogP contribution is 2.38. The summed E-state index contributed by atoms with van der Waals surface area (Å²) in [6.07, 6.45) is 3.14. The Morgan fingerprint density at radius 2 is 1.25 bits per heavy atom. The van der Waals surface area contributed by atoms with Crippen LogP contribution in [0.3, 0.4) is 0 Å². The molecular formula is C66H95ClF3N11O11. The van der Waals surface area contributed by atoms with Gasteiger partial charge in [-0.15, -0.1) is 0 Å². The van der Waals surface area contributed by atoms with E-state index in [4.69, 9.17) is 11.6 Å². The first kappa shape index (κ1) is 73.7.